The quantitative estimate of drug-likeness (QED) is 0.861. The second-order valence-corrected chi connectivity index (χ2v) is 5.02. The number of nitrogens with zero attached hydrogens (tertiary/aromatic N) is 1. The summed E-state index contributed by atoms with van der Waals surface area (Å²) >= 11 is 0. The maximum Gasteiger partial charge on any atom is 0.236 e. The number of rotatable bonds is 5. The van der Waals surface area contributed by atoms with Gasteiger partial charge in [-0.2, -0.15) is 0 Å². The van der Waals surface area contributed by atoms with E-state index in [-0.39, 0.29) is 18.2 Å². The van der Waals surface area contributed by atoms with Gasteiger partial charge in [0.15, 0.2) is 0 Å². The smallest absolute Gasteiger partial charge is 0.236 e. The molecule has 2 amide bonds. The van der Waals surface area contributed by atoms with E-state index in [1.54, 1.807) is 7.05 Å². The van der Waals surface area contributed by atoms with Gasteiger partial charge in [0.2, 0.25) is 11.8 Å². The van der Waals surface area contributed by atoms with Crippen molar-refractivity contribution in [2.24, 2.45) is 0 Å². The summed E-state index contributed by atoms with van der Waals surface area (Å²) in [5.41, 5.74) is 2.60. The molecule has 0 aromatic heterocycles. The van der Waals surface area contributed by atoms with Gasteiger partial charge in [-0.05, 0) is 30.2 Å². The van der Waals surface area contributed by atoms with E-state index in [1.165, 1.54) is 4.90 Å². The van der Waals surface area contributed by atoms with Crippen molar-refractivity contribution in [3.05, 3.63) is 60.2 Å². The average molecular weight is 296 g/mol. The number of anilines is 2. The molecule has 2 aromatic rings. The third-order valence-corrected chi connectivity index (χ3v) is 3.50. The van der Waals surface area contributed by atoms with E-state index in [4.69, 9.17) is 0 Å². The Balaban J connectivity index is 1.98. The fourth-order valence-electron chi connectivity index (χ4n) is 2.20. The van der Waals surface area contributed by atoms with Gasteiger partial charge in [-0.3, -0.25) is 9.59 Å². The Morgan fingerprint density at radius 2 is 1.64 bits per heavy atom. The molecule has 0 unspecified atom stereocenters. The Labute approximate surface area is 130 Å². The largest absolute Gasteiger partial charge is 0.325 e. The minimum absolute atomic E-state index is 0.177. The standard InChI is InChI=1S/C18H20N2O2/c1-3-14-9-7-8-12-16(14)19-17(21)13-18(22)20(2)15-10-5-4-6-11-15/h4-12H,3,13H2,1-2H3,(H,19,21). The highest BCUT2D eigenvalue weighted by atomic mass is 16.2. The van der Waals surface area contributed by atoms with Crippen LogP contribution >= 0.6 is 0 Å². The van der Waals surface area contributed by atoms with Crippen LogP contribution < -0.4 is 10.2 Å². The van der Waals surface area contributed by atoms with Crippen molar-refractivity contribution in [1.82, 2.24) is 0 Å². The van der Waals surface area contributed by atoms with E-state index < -0.39 is 0 Å². The number of aryl methyl sites for hydroxylation is 1. The van der Waals surface area contributed by atoms with E-state index in [9.17, 15) is 9.59 Å². The molecule has 4 nitrogen and oxygen atoms in total. The van der Waals surface area contributed by atoms with Gasteiger partial charge in [-0.1, -0.05) is 43.3 Å². The minimum atomic E-state index is -0.298. The van der Waals surface area contributed by atoms with Gasteiger partial charge in [-0.25, -0.2) is 0 Å². The second kappa shape index (κ2) is 7.41. The maximum absolute atomic E-state index is 12.2. The summed E-state index contributed by atoms with van der Waals surface area (Å²) in [7, 11) is 1.67. The average Bonchev–Trinajstić information content (AvgIpc) is 2.55. The lowest BCUT2D eigenvalue weighted by Gasteiger charge is -2.17. The molecular weight excluding hydrogens is 276 g/mol. The molecule has 2 rings (SSSR count). The molecular formula is C18H20N2O2. The summed E-state index contributed by atoms with van der Waals surface area (Å²) in [5.74, 6) is -0.536. The first-order valence-electron chi connectivity index (χ1n) is 7.31. The fourth-order valence-corrected chi connectivity index (χ4v) is 2.20. The molecule has 0 aliphatic carbocycles. The molecule has 0 saturated carbocycles. The lowest BCUT2D eigenvalue weighted by atomic mass is 10.1. The van der Waals surface area contributed by atoms with Crippen molar-refractivity contribution in [2.75, 3.05) is 17.3 Å². The fraction of sp³-hybridized carbons (Fsp3) is 0.222. The topological polar surface area (TPSA) is 49.4 Å². The predicted octanol–water partition coefficient (Wildman–Crippen LogP) is 3.24. The minimum Gasteiger partial charge on any atom is -0.325 e. The van der Waals surface area contributed by atoms with E-state index in [0.29, 0.717) is 0 Å². The SMILES string of the molecule is CCc1ccccc1NC(=O)CC(=O)N(C)c1ccccc1. The van der Waals surface area contributed by atoms with Crippen molar-refractivity contribution in [1.29, 1.82) is 0 Å². The summed E-state index contributed by atoms with van der Waals surface area (Å²) in [5, 5.41) is 2.81. The lowest BCUT2D eigenvalue weighted by Crippen LogP contribution is -2.30. The van der Waals surface area contributed by atoms with Gasteiger partial charge in [-0.15, -0.1) is 0 Å². The first-order valence-corrected chi connectivity index (χ1v) is 7.31. The first-order chi connectivity index (χ1) is 10.6. The molecule has 0 heterocycles. The molecule has 22 heavy (non-hydrogen) atoms. The molecule has 0 bridgehead atoms. The third-order valence-electron chi connectivity index (χ3n) is 3.50. The monoisotopic (exact) mass is 296 g/mol. The van der Waals surface area contributed by atoms with E-state index in [0.717, 1.165) is 23.4 Å². The molecule has 0 fully saturated rings. The van der Waals surface area contributed by atoms with Gasteiger partial charge >= 0.3 is 0 Å². The third kappa shape index (κ3) is 3.95. The predicted molar refractivity (Wildman–Crippen MR) is 88.9 cm³/mol. The van der Waals surface area contributed by atoms with Crippen LogP contribution in [0, 0.1) is 0 Å². The zero-order valence-electron chi connectivity index (χ0n) is 12.9. The summed E-state index contributed by atoms with van der Waals surface area (Å²) in [6.07, 6.45) is 0.651. The summed E-state index contributed by atoms with van der Waals surface area (Å²) < 4.78 is 0. The zero-order chi connectivity index (χ0) is 15.9. The Hall–Kier alpha value is -2.62. The van der Waals surface area contributed by atoms with Crippen LogP contribution in [0.15, 0.2) is 54.6 Å². The normalized spacial score (nSPS) is 10.1. The number of carbonyl (C=O) groups excluding carboxylic acids is 2. The van der Waals surface area contributed by atoms with Gasteiger partial charge in [0.25, 0.3) is 0 Å². The number of amides is 2. The molecule has 114 valence electrons. The van der Waals surface area contributed by atoms with Crippen molar-refractivity contribution in [2.45, 2.75) is 19.8 Å². The Kier molecular flexibility index (Phi) is 5.31. The Morgan fingerprint density at radius 3 is 2.32 bits per heavy atom. The highest BCUT2D eigenvalue weighted by molar-refractivity contribution is 6.09. The number of benzene rings is 2. The van der Waals surface area contributed by atoms with Crippen LogP contribution in [0.4, 0.5) is 11.4 Å². The molecule has 0 saturated heterocycles. The molecule has 0 spiro atoms. The first kappa shape index (κ1) is 15.8. The van der Waals surface area contributed by atoms with E-state index >= 15 is 0 Å². The van der Waals surface area contributed by atoms with E-state index in [1.807, 2.05) is 61.5 Å². The number of hydrogen-bond acceptors (Lipinski definition) is 2. The molecule has 2 aromatic carbocycles. The van der Waals surface area contributed by atoms with Gasteiger partial charge in [0, 0.05) is 18.4 Å². The van der Waals surface area contributed by atoms with Crippen LogP contribution in [0.1, 0.15) is 18.9 Å². The number of hydrogen-bond donors (Lipinski definition) is 1. The second-order valence-electron chi connectivity index (χ2n) is 5.02. The highest BCUT2D eigenvalue weighted by Gasteiger charge is 2.15. The van der Waals surface area contributed by atoms with Crippen LogP contribution in [0.3, 0.4) is 0 Å². The van der Waals surface area contributed by atoms with Gasteiger partial charge in [0.05, 0.1) is 0 Å². The number of nitrogens with one attached hydrogen (secondary N) is 1. The molecule has 1 N–H and O–H groups in total. The summed E-state index contributed by atoms with van der Waals surface area (Å²) in [6.45, 7) is 2.03. The molecule has 4 heteroatoms. The molecule has 0 aliphatic heterocycles. The summed E-state index contributed by atoms with van der Waals surface area (Å²) in [4.78, 5) is 25.7. The Bertz CT molecular complexity index is 653. The van der Waals surface area contributed by atoms with Crippen molar-refractivity contribution < 1.29 is 9.59 Å². The van der Waals surface area contributed by atoms with E-state index in [2.05, 4.69) is 5.32 Å². The lowest BCUT2D eigenvalue weighted by molar-refractivity contribution is -0.125. The van der Waals surface area contributed by atoms with Crippen LogP contribution in [0.5, 0.6) is 0 Å². The van der Waals surface area contributed by atoms with Gasteiger partial charge in [0.1, 0.15) is 6.42 Å². The van der Waals surface area contributed by atoms with Crippen LogP contribution in [0.25, 0.3) is 0 Å². The summed E-state index contributed by atoms with van der Waals surface area (Å²) in [6, 6.07) is 16.9. The molecule has 0 radical (unpaired) electrons. The van der Waals surface area contributed by atoms with Gasteiger partial charge < -0.3 is 10.2 Å². The molecule has 0 aliphatic rings. The highest BCUT2D eigenvalue weighted by Crippen LogP contribution is 2.16. The van der Waals surface area contributed by atoms with Crippen molar-refractivity contribution in [3.63, 3.8) is 0 Å². The number of carbonyl (C=O) groups is 2. The number of para-hydroxylation sites is 2. The van der Waals surface area contributed by atoms with Crippen LogP contribution in [-0.4, -0.2) is 18.9 Å². The van der Waals surface area contributed by atoms with Crippen LogP contribution in [0.2, 0.25) is 0 Å². The van der Waals surface area contributed by atoms with Crippen molar-refractivity contribution >= 4 is 23.2 Å². The zero-order valence-corrected chi connectivity index (χ0v) is 12.9. The Morgan fingerprint density at radius 1 is 1.00 bits per heavy atom. The molecule has 0 atom stereocenters. The maximum atomic E-state index is 12.2. The van der Waals surface area contributed by atoms with Crippen molar-refractivity contribution in [3.8, 4) is 0 Å². The van der Waals surface area contributed by atoms with Crippen LogP contribution in [-0.2, 0) is 16.0 Å².